The van der Waals surface area contributed by atoms with E-state index >= 15 is 0 Å². The molecule has 0 aromatic heterocycles. The van der Waals surface area contributed by atoms with Crippen LogP contribution in [0.4, 0.5) is 0 Å². The van der Waals surface area contributed by atoms with Crippen LogP contribution in [0.2, 0.25) is 0 Å². The summed E-state index contributed by atoms with van der Waals surface area (Å²) in [7, 11) is 0. The Morgan fingerprint density at radius 2 is 1.38 bits per heavy atom. The zero-order chi connectivity index (χ0) is 12.6. The molecule has 0 saturated carbocycles. The van der Waals surface area contributed by atoms with Crippen LogP contribution in [-0.2, 0) is 0 Å². The fourth-order valence-electron chi connectivity index (χ4n) is 2.06. The van der Waals surface area contributed by atoms with Gasteiger partial charge in [-0.15, -0.1) is 0 Å². The molecule has 0 aliphatic carbocycles. The molecule has 0 spiro atoms. The minimum Gasteiger partial charge on any atom is -0.303 e. The molecule has 0 heterocycles. The van der Waals surface area contributed by atoms with Crippen LogP contribution in [0.3, 0.4) is 0 Å². The van der Waals surface area contributed by atoms with Gasteiger partial charge in [0.25, 0.3) is 0 Å². The Bertz CT molecular complexity index is 147. The van der Waals surface area contributed by atoms with Gasteiger partial charge < -0.3 is 4.90 Å². The smallest absolute Gasteiger partial charge is 0.000450 e. The normalized spacial score (nSPS) is 14.1. The van der Waals surface area contributed by atoms with Crippen LogP contribution < -0.4 is 0 Å². The first-order valence-corrected chi connectivity index (χ1v) is 7.42. The summed E-state index contributed by atoms with van der Waals surface area (Å²) in [6, 6.07) is 0. The van der Waals surface area contributed by atoms with Gasteiger partial charge in [-0.2, -0.15) is 12.6 Å². The van der Waals surface area contributed by atoms with Crippen molar-refractivity contribution in [3.8, 4) is 0 Å². The van der Waals surface area contributed by atoms with E-state index in [0.717, 1.165) is 23.5 Å². The van der Waals surface area contributed by atoms with E-state index in [9.17, 15) is 0 Å². The van der Waals surface area contributed by atoms with Crippen LogP contribution in [-0.4, -0.2) is 30.3 Å². The van der Waals surface area contributed by atoms with E-state index in [0.29, 0.717) is 0 Å². The van der Waals surface area contributed by atoms with Crippen LogP contribution in [0.15, 0.2) is 0 Å². The van der Waals surface area contributed by atoms with Crippen LogP contribution in [0, 0.1) is 17.8 Å². The van der Waals surface area contributed by atoms with Crippen molar-refractivity contribution < 1.29 is 0 Å². The van der Waals surface area contributed by atoms with E-state index in [2.05, 4.69) is 52.1 Å². The summed E-state index contributed by atoms with van der Waals surface area (Å²) in [5, 5.41) is 0. The Morgan fingerprint density at radius 3 is 1.75 bits per heavy atom. The second-order valence-electron chi connectivity index (χ2n) is 5.95. The molecule has 0 aromatic rings. The summed E-state index contributed by atoms with van der Waals surface area (Å²) in [6.07, 6.45) is 2.57. The minimum absolute atomic E-state index is 0.777. The van der Waals surface area contributed by atoms with E-state index in [1.807, 2.05) is 0 Å². The third kappa shape index (κ3) is 9.53. The Hall–Kier alpha value is 0.310. The number of hydrogen-bond acceptors (Lipinski definition) is 2. The maximum absolute atomic E-state index is 4.30. The first-order valence-electron chi connectivity index (χ1n) is 6.78. The Morgan fingerprint density at radius 1 is 0.875 bits per heavy atom. The van der Waals surface area contributed by atoms with Crippen molar-refractivity contribution in [3.63, 3.8) is 0 Å². The first kappa shape index (κ1) is 16.3. The van der Waals surface area contributed by atoms with Crippen LogP contribution in [0.25, 0.3) is 0 Å². The van der Waals surface area contributed by atoms with Crippen LogP contribution in [0.5, 0.6) is 0 Å². The summed E-state index contributed by atoms with van der Waals surface area (Å²) in [6.45, 7) is 15.3. The molecule has 0 saturated heterocycles. The van der Waals surface area contributed by atoms with Gasteiger partial charge in [0, 0.05) is 13.1 Å². The number of hydrogen-bond donors (Lipinski definition) is 1. The lowest BCUT2D eigenvalue weighted by Gasteiger charge is -2.27. The highest BCUT2D eigenvalue weighted by Gasteiger charge is 2.10. The molecular weight excluding hydrogens is 214 g/mol. The molecule has 0 aliphatic rings. The van der Waals surface area contributed by atoms with E-state index in [1.54, 1.807) is 0 Å². The molecule has 16 heavy (non-hydrogen) atoms. The Labute approximate surface area is 108 Å². The Balaban J connectivity index is 3.90. The number of thiol groups is 1. The van der Waals surface area contributed by atoms with E-state index in [1.165, 1.54) is 32.5 Å². The van der Waals surface area contributed by atoms with Crippen molar-refractivity contribution in [3.05, 3.63) is 0 Å². The molecule has 0 amide bonds. The predicted octanol–water partition coefficient (Wildman–Crippen LogP) is 3.95. The number of rotatable bonds is 9. The summed E-state index contributed by atoms with van der Waals surface area (Å²) in [4.78, 5) is 2.63. The minimum atomic E-state index is 0.777. The molecule has 0 bridgehead atoms. The van der Waals surface area contributed by atoms with Crippen molar-refractivity contribution in [1.29, 1.82) is 0 Å². The monoisotopic (exact) mass is 245 g/mol. The topological polar surface area (TPSA) is 3.24 Å². The molecule has 98 valence electrons. The van der Waals surface area contributed by atoms with Crippen LogP contribution in [0.1, 0.15) is 47.5 Å². The second-order valence-corrected chi connectivity index (χ2v) is 6.40. The molecule has 1 unspecified atom stereocenters. The summed E-state index contributed by atoms with van der Waals surface area (Å²) in [5.41, 5.74) is 0. The first-order chi connectivity index (χ1) is 7.45. The van der Waals surface area contributed by atoms with Gasteiger partial charge in [0.05, 0.1) is 0 Å². The third-order valence-electron chi connectivity index (χ3n) is 2.81. The van der Waals surface area contributed by atoms with Gasteiger partial charge in [-0.3, -0.25) is 0 Å². The number of nitrogens with zero attached hydrogens (tertiary/aromatic N) is 1. The molecule has 0 aromatic carbocycles. The van der Waals surface area contributed by atoms with E-state index in [-0.39, 0.29) is 0 Å². The maximum atomic E-state index is 4.30. The largest absolute Gasteiger partial charge is 0.303 e. The second kappa shape index (κ2) is 9.35. The van der Waals surface area contributed by atoms with Crippen molar-refractivity contribution in [2.75, 3.05) is 25.4 Å². The Kier molecular flexibility index (Phi) is 9.53. The van der Waals surface area contributed by atoms with Gasteiger partial charge in [0.2, 0.25) is 0 Å². The van der Waals surface area contributed by atoms with Crippen LogP contribution >= 0.6 is 12.6 Å². The van der Waals surface area contributed by atoms with Crippen molar-refractivity contribution in [2.45, 2.75) is 47.5 Å². The molecular formula is C14H31NS. The fourth-order valence-corrected chi connectivity index (χ4v) is 2.50. The summed E-state index contributed by atoms with van der Waals surface area (Å²) < 4.78 is 0. The van der Waals surface area contributed by atoms with Gasteiger partial charge in [-0.05, 0) is 42.9 Å². The van der Waals surface area contributed by atoms with E-state index in [4.69, 9.17) is 0 Å². The standard InChI is InChI=1S/C14H31NS/c1-12(2)10-15(11-13(3)4)8-6-14(5)7-9-16/h12-14,16H,6-11H2,1-5H3. The fraction of sp³-hybridized carbons (Fsp3) is 1.00. The molecule has 2 heteroatoms. The predicted molar refractivity (Wildman–Crippen MR) is 78.4 cm³/mol. The van der Waals surface area contributed by atoms with Gasteiger partial charge in [-0.1, -0.05) is 34.6 Å². The molecule has 0 rings (SSSR count). The van der Waals surface area contributed by atoms with Gasteiger partial charge >= 0.3 is 0 Å². The lowest BCUT2D eigenvalue weighted by atomic mass is 10.0. The maximum Gasteiger partial charge on any atom is 0.000450 e. The molecule has 1 atom stereocenters. The zero-order valence-corrected chi connectivity index (χ0v) is 12.8. The average molecular weight is 245 g/mol. The van der Waals surface area contributed by atoms with E-state index < -0.39 is 0 Å². The highest BCUT2D eigenvalue weighted by Crippen LogP contribution is 2.11. The lowest BCUT2D eigenvalue weighted by Crippen LogP contribution is -2.33. The lowest BCUT2D eigenvalue weighted by molar-refractivity contribution is 0.206. The average Bonchev–Trinajstić information content (AvgIpc) is 2.13. The highest BCUT2D eigenvalue weighted by molar-refractivity contribution is 7.80. The molecule has 0 fully saturated rings. The summed E-state index contributed by atoms with van der Waals surface area (Å²) in [5.74, 6) is 3.40. The van der Waals surface area contributed by atoms with Crippen molar-refractivity contribution >= 4 is 12.6 Å². The molecule has 0 N–H and O–H groups in total. The van der Waals surface area contributed by atoms with Gasteiger partial charge in [0.1, 0.15) is 0 Å². The quantitative estimate of drug-likeness (QED) is 0.602. The molecule has 0 radical (unpaired) electrons. The van der Waals surface area contributed by atoms with Gasteiger partial charge in [0.15, 0.2) is 0 Å². The molecule has 0 aliphatic heterocycles. The SMILES string of the molecule is CC(C)CN(CCC(C)CCS)CC(C)C. The van der Waals surface area contributed by atoms with Crippen molar-refractivity contribution in [2.24, 2.45) is 17.8 Å². The summed E-state index contributed by atoms with van der Waals surface area (Å²) >= 11 is 4.30. The van der Waals surface area contributed by atoms with Gasteiger partial charge in [-0.25, -0.2) is 0 Å². The third-order valence-corrected chi connectivity index (χ3v) is 3.06. The van der Waals surface area contributed by atoms with Crippen molar-refractivity contribution in [1.82, 2.24) is 4.90 Å². The molecule has 1 nitrogen and oxygen atoms in total. The highest BCUT2D eigenvalue weighted by atomic mass is 32.1. The zero-order valence-electron chi connectivity index (χ0n) is 11.9.